The SMILES string of the molecule is COCC(=O)N1C(C(=O)O)C(c2ccc(F)cc2)C(C(=O)c2cccc(C)c2)C1c1ccccc1. The van der Waals surface area contributed by atoms with Gasteiger partial charge in [0.15, 0.2) is 5.78 Å². The number of hydrogen-bond donors (Lipinski definition) is 1. The molecule has 6 nitrogen and oxygen atoms in total. The number of amides is 1. The molecule has 0 aromatic heterocycles. The van der Waals surface area contributed by atoms with Gasteiger partial charge in [0, 0.05) is 18.6 Å². The number of benzene rings is 3. The van der Waals surface area contributed by atoms with E-state index in [-0.39, 0.29) is 12.4 Å². The van der Waals surface area contributed by atoms with Gasteiger partial charge in [-0.1, -0.05) is 66.2 Å². The lowest BCUT2D eigenvalue weighted by Gasteiger charge is -2.30. The fourth-order valence-electron chi connectivity index (χ4n) is 5.08. The van der Waals surface area contributed by atoms with Gasteiger partial charge in [-0.25, -0.2) is 9.18 Å². The molecule has 0 radical (unpaired) electrons. The summed E-state index contributed by atoms with van der Waals surface area (Å²) < 4.78 is 18.8. The Balaban J connectivity index is 1.98. The summed E-state index contributed by atoms with van der Waals surface area (Å²) in [6, 6.07) is 19.2. The standard InChI is InChI=1S/C28H26FNO5/c1-17-7-6-10-20(15-17)27(32)24-23(18-11-13-21(29)14-12-18)26(28(33)34)30(22(31)16-35-2)25(24)19-8-4-3-5-9-19/h3-15,23-26H,16H2,1-2H3,(H,33,34). The van der Waals surface area contributed by atoms with Crippen molar-refractivity contribution in [2.75, 3.05) is 13.7 Å². The van der Waals surface area contributed by atoms with Crippen molar-refractivity contribution in [3.63, 3.8) is 0 Å². The van der Waals surface area contributed by atoms with E-state index in [1.165, 1.54) is 36.3 Å². The highest BCUT2D eigenvalue weighted by Crippen LogP contribution is 2.51. The lowest BCUT2D eigenvalue weighted by molar-refractivity contribution is -0.151. The Morgan fingerprint density at radius 3 is 2.23 bits per heavy atom. The predicted octanol–water partition coefficient (Wildman–Crippen LogP) is 4.40. The maximum atomic E-state index is 14.1. The van der Waals surface area contributed by atoms with Crippen LogP contribution >= 0.6 is 0 Å². The van der Waals surface area contributed by atoms with Gasteiger partial charge in [-0.05, 0) is 36.2 Å². The summed E-state index contributed by atoms with van der Waals surface area (Å²) in [7, 11) is 1.36. The smallest absolute Gasteiger partial charge is 0.327 e. The fraction of sp³-hybridized carbons (Fsp3) is 0.250. The third-order valence-electron chi connectivity index (χ3n) is 6.48. The number of aliphatic carboxylic acids is 1. The molecule has 3 aromatic rings. The predicted molar refractivity (Wildman–Crippen MR) is 127 cm³/mol. The first-order valence-electron chi connectivity index (χ1n) is 11.3. The van der Waals surface area contributed by atoms with Crippen molar-refractivity contribution in [2.24, 2.45) is 5.92 Å². The highest BCUT2D eigenvalue weighted by Gasteiger charge is 2.57. The molecule has 180 valence electrons. The second-order valence-electron chi connectivity index (χ2n) is 8.71. The van der Waals surface area contributed by atoms with Crippen LogP contribution in [-0.4, -0.2) is 47.4 Å². The van der Waals surface area contributed by atoms with Gasteiger partial charge in [-0.2, -0.15) is 0 Å². The van der Waals surface area contributed by atoms with Gasteiger partial charge < -0.3 is 14.7 Å². The van der Waals surface area contributed by atoms with Gasteiger partial charge in [-0.15, -0.1) is 0 Å². The van der Waals surface area contributed by atoms with E-state index in [4.69, 9.17) is 4.74 Å². The summed E-state index contributed by atoms with van der Waals surface area (Å²) in [5.74, 6) is -4.38. The van der Waals surface area contributed by atoms with E-state index in [9.17, 15) is 23.9 Å². The molecule has 1 saturated heterocycles. The molecule has 3 aromatic carbocycles. The van der Waals surface area contributed by atoms with E-state index in [2.05, 4.69) is 0 Å². The summed E-state index contributed by atoms with van der Waals surface area (Å²) >= 11 is 0. The summed E-state index contributed by atoms with van der Waals surface area (Å²) in [5.41, 5.74) is 2.41. The maximum Gasteiger partial charge on any atom is 0.327 e. The largest absolute Gasteiger partial charge is 0.480 e. The molecule has 35 heavy (non-hydrogen) atoms. The number of carbonyl (C=O) groups excluding carboxylic acids is 2. The monoisotopic (exact) mass is 475 g/mol. The molecule has 7 heteroatoms. The maximum absolute atomic E-state index is 14.1. The van der Waals surface area contributed by atoms with Crippen LogP contribution in [-0.2, 0) is 14.3 Å². The first kappa shape index (κ1) is 24.3. The average Bonchev–Trinajstić information content (AvgIpc) is 3.21. The molecule has 0 saturated carbocycles. The van der Waals surface area contributed by atoms with Crippen molar-refractivity contribution in [1.82, 2.24) is 4.90 Å². The minimum atomic E-state index is -1.35. The first-order chi connectivity index (χ1) is 16.8. The molecule has 1 aliphatic rings. The second-order valence-corrected chi connectivity index (χ2v) is 8.71. The van der Waals surface area contributed by atoms with Crippen molar-refractivity contribution in [2.45, 2.75) is 24.9 Å². The van der Waals surface area contributed by atoms with E-state index >= 15 is 0 Å². The van der Waals surface area contributed by atoms with Crippen LogP contribution in [0, 0.1) is 18.7 Å². The Labute approximate surface area is 203 Å². The van der Waals surface area contributed by atoms with Gasteiger partial charge in [0.05, 0.1) is 12.0 Å². The van der Waals surface area contributed by atoms with E-state index < -0.39 is 41.6 Å². The van der Waals surface area contributed by atoms with Crippen molar-refractivity contribution >= 4 is 17.7 Å². The minimum absolute atomic E-state index is 0.282. The normalized spacial score (nSPS) is 21.6. The number of ketones is 1. The molecule has 0 bridgehead atoms. The molecular weight excluding hydrogens is 449 g/mol. The molecule has 1 fully saturated rings. The summed E-state index contributed by atoms with van der Waals surface area (Å²) in [6.45, 7) is 1.53. The van der Waals surface area contributed by atoms with Gasteiger partial charge in [-0.3, -0.25) is 9.59 Å². The van der Waals surface area contributed by atoms with Crippen LogP contribution in [0.1, 0.15) is 39.0 Å². The van der Waals surface area contributed by atoms with Crippen molar-refractivity contribution in [3.8, 4) is 0 Å². The van der Waals surface area contributed by atoms with Crippen LogP contribution < -0.4 is 0 Å². The minimum Gasteiger partial charge on any atom is -0.480 e. The highest BCUT2D eigenvalue weighted by atomic mass is 19.1. The number of carboxylic acids is 1. The molecule has 0 spiro atoms. The van der Waals surface area contributed by atoms with Crippen molar-refractivity contribution < 1.29 is 28.6 Å². The number of nitrogens with zero attached hydrogens (tertiary/aromatic N) is 1. The topological polar surface area (TPSA) is 83.9 Å². The Kier molecular flexibility index (Phi) is 7.07. The van der Waals surface area contributed by atoms with E-state index in [1.54, 1.807) is 42.5 Å². The number of carbonyl (C=O) groups is 3. The Hall–Kier alpha value is -3.84. The van der Waals surface area contributed by atoms with Crippen LogP contribution in [0.3, 0.4) is 0 Å². The number of rotatable bonds is 7. The van der Waals surface area contributed by atoms with E-state index in [0.717, 1.165) is 5.56 Å². The van der Waals surface area contributed by atoms with Crippen molar-refractivity contribution in [1.29, 1.82) is 0 Å². The number of carboxylic acid groups (broad SMARTS) is 1. The number of aryl methyl sites for hydroxylation is 1. The molecule has 1 aliphatic heterocycles. The molecule has 1 amide bonds. The summed E-state index contributed by atoms with van der Waals surface area (Å²) in [5, 5.41) is 10.3. The van der Waals surface area contributed by atoms with Crippen LogP contribution in [0.2, 0.25) is 0 Å². The lowest BCUT2D eigenvalue weighted by Crippen LogP contribution is -2.45. The van der Waals surface area contributed by atoms with E-state index in [0.29, 0.717) is 16.7 Å². The van der Waals surface area contributed by atoms with Gasteiger partial charge in [0.2, 0.25) is 5.91 Å². The number of likely N-dealkylation sites (tertiary alicyclic amines) is 1. The number of methoxy groups -OCH3 is 1. The first-order valence-corrected chi connectivity index (χ1v) is 11.3. The fourth-order valence-corrected chi connectivity index (χ4v) is 5.08. The molecular formula is C28H26FNO5. The number of Topliss-reactive ketones (excluding diaryl/α,β-unsaturated/α-hetero) is 1. The van der Waals surface area contributed by atoms with Crippen LogP contribution in [0.15, 0.2) is 78.9 Å². The Morgan fingerprint density at radius 2 is 1.63 bits per heavy atom. The number of halogens is 1. The zero-order chi connectivity index (χ0) is 25.1. The quantitative estimate of drug-likeness (QED) is 0.512. The molecule has 4 atom stereocenters. The van der Waals surface area contributed by atoms with E-state index in [1.807, 2.05) is 19.1 Å². The Morgan fingerprint density at radius 1 is 0.943 bits per heavy atom. The van der Waals surface area contributed by atoms with Gasteiger partial charge >= 0.3 is 5.97 Å². The third kappa shape index (κ3) is 4.72. The summed E-state index contributed by atoms with van der Waals surface area (Å²) in [4.78, 5) is 41.3. The van der Waals surface area contributed by atoms with Crippen LogP contribution in [0.25, 0.3) is 0 Å². The molecule has 0 aliphatic carbocycles. The second kappa shape index (κ2) is 10.2. The molecule has 1 N–H and O–H groups in total. The Bertz CT molecular complexity index is 1230. The van der Waals surface area contributed by atoms with Gasteiger partial charge in [0.25, 0.3) is 0 Å². The number of ether oxygens (including phenoxy) is 1. The van der Waals surface area contributed by atoms with Crippen LogP contribution in [0.4, 0.5) is 4.39 Å². The van der Waals surface area contributed by atoms with Crippen LogP contribution in [0.5, 0.6) is 0 Å². The average molecular weight is 476 g/mol. The summed E-state index contributed by atoms with van der Waals surface area (Å²) in [6.07, 6.45) is 0. The molecule has 4 rings (SSSR count). The van der Waals surface area contributed by atoms with Crippen molar-refractivity contribution in [3.05, 3.63) is 107 Å². The molecule has 1 heterocycles. The lowest BCUT2D eigenvalue weighted by atomic mass is 9.76. The molecule has 4 unspecified atom stereocenters. The number of hydrogen-bond acceptors (Lipinski definition) is 4. The zero-order valence-electron chi connectivity index (χ0n) is 19.4. The zero-order valence-corrected chi connectivity index (χ0v) is 19.4. The van der Waals surface area contributed by atoms with Gasteiger partial charge in [0.1, 0.15) is 18.5 Å². The highest BCUT2D eigenvalue weighted by molar-refractivity contribution is 6.01. The third-order valence-corrected chi connectivity index (χ3v) is 6.48.